The zero-order valence-corrected chi connectivity index (χ0v) is 14.4. The Kier molecular flexibility index (Phi) is 5.16. The van der Waals surface area contributed by atoms with Gasteiger partial charge in [0.1, 0.15) is 6.61 Å². The standard InChI is InChI=1S/C18H25N3O3/c1-3-20-9-11-21(12-10-20)18(23)17-16(14-7-5-4-6-8-14)19(2)15(22)13-24-17/h4-8,16-17H,3,9-13H2,1-2H3/t16-,17-/m1/s1. The van der Waals surface area contributed by atoms with Gasteiger partial charge in [-0.1, -0.05) is 37.3 Å². The molecule has 6 heteroatoms. The molecule has 2 fully saturated rings. The van der Waals surface area contributed by atoms with Gasteiger partial charge in [0.25, 0.3) is 5.91 Å². The number of hydrogen-bond donors (Lipinski definition) is 0. The van der Waals surface area contributed by atoms with E-state index in [1.165, 1.54) is 0 Å². The van der Waals surface area contributed by atoms with Gasteiger partial charge in [0, 0.05) is 33.2 Å². The van der Waals surface area contributed by atoms with Crippen molar-refractivity contribution in [1.82, 2.24) is 14.7 Å². The van der Waals surface area contributed by atoms with Crippen LogP contribution in [0.15, 0.2) is 30.3 Å². The third-order valence-corrected chi connectivity index (χ3v) is 5.00. The lowest BCUT2D eigenvalue weighted by Crippen LogP contribution is -2.57. The summed E-state index contributed by atoms with van der Waals surface area (Å²) in [6.07, 6.45) is -0.636. The molecule has 3 rings (SSSR count). The Bertz CT molecular complexity index is 584. The predicted molar refractivity (Wildman–Crippen MR) is 90.4 cm³/mol. The number of ether oxygens (including phenoxy) is 1. The van der Waals surface area contributed by atoms with E-state index in [1.54, 1.807) is 11.9 Å². The number of amides is 2. The maximum atomic E-state index is 13.0. The minimum Gasteiger partial charge on any atom is -0.356 e. The molecule has 1 aromatic rings. The Morgan fingerprint density at radius 2 is 1.83 bits per heavy atom. The van der Waals surface area contributed by atoms with Crippen molar-refractivity contribution >= 4 is 11.8 Å². The summed E-state index contributed by atoms with van der Waals surface area (Å²) in [5.74, 6) is -0.109. The van der Waals surface area contributed by atoms with Gasteiger partial charge in [0.2, 0.25) is 5.91 Å². The van der Waals surface area contributed by atoms with E-state index >= 15 is 0 Å². The van der Waals surface area contributed by atoms with E-state index < -0.39 is 6.10 Å². The molecule has 0 aliphatic carbocycles. The number of benzene rings is 1. The third kappa shape index (κ3) is 3.30. The van der Waals surface area contributed by atoms with Crippen molar-refractivity contribution in [3.05, 3.63) is 35.9 Å². The maximum absolute atomic E-state index is 13.0. The number of piperazine rings is 1. The summed E-state index contributed by atoms with van der Waals surface area (Å²) < 4.78 is 5.70. The van der Waals surface area contributed by atoms with Gasteiger partial charge in [-0.3, -0.25) is 9.59 Å². The molecule has 0 aromatic heterocycles. The van der Waals surface area contributed by atoms with Gasteiger partial charge >= 0.3 is 0 Å². The number of rotatable bonds is 3. The van der Waals surface area contributed by atoms with E-state index in [9.17, 15) is 9.59 Å². The second-order valence-corrected chi connectivity index (χ2v) is 6.35. The first-order valence-electron chi connectivity index (χ1n) is 8.55. The highest BCUT2D eigenvalue weighted by Gasteiger charge is 2.42. The molecular weight excluding hydrogens is 306 g/mol. The highest BCUT2D eigenvalue weighted by atomic mass is 16.5. The number of likely N-dealkylation sites (N-methyl/N-ethyl adjacent to an activating group) is 2. The largest absolute Gasteiger partial charge is 0.356 e. The van der Waals surface area contributed by atoms with E-state index in [0.29, 0.717) is 13.1 Å². The first kappa shape index (κ1) is 16.9. The predicted octanol–water partition coefficient (Wildman–Crippen LogP) is 0.749. The minimum atomic E-state index is -0.636. The SMILES string of the molecule is CCN1CCN(C(=O)[C@@H]2OCC(=O)N(C)[C@@H]2c2ccccc2)CC1. The van der Waals surface area contributed by atoms with Crippen LogP contribution < -0.4 is 0 Å². The smallest absolute Gasteiger partial charge is 0.254 e. The van der Waals surface area contributed by atoms with Gasteiger partial charge in [-0.05, 0) is 12.1 Å². The van der Waals surface area contributed by atoms with Crippen LogP contribution in [0.2, 0.25) is 0 Å². The van der Waals surface area contributed by atoms with Gasteiger partial charge in [-0.15, -0.1) is 0 Å². The van der Waals surface area contributed by atoms with Crippen molar-refractivity contribution < 1.29 is 14.3 Å². The van der Waals surface area contributed by atoms with E-state index in [0.717, 1.165) is 25.2 Å². The Morgan fingerprint density at radius 1 is 1.17 bits per heavy atom. The summed E-state index contributed by atoms with van der Waals surface area (Å²) in [6.45, 7) is 6.31. The molecule has 0 bridgehead atoms. The molecule has 6 nitrogen and oxygen atoms in total. The van der Waals surface area contributed by atoms with E-state index in [-0.39, 0.29) is 24.5 Å². The molecule has 0 radical (unpaired) electrons. The summed E-state index contributed by atoms with van der Waals surface area (Å²) in [7, 11) is 1.75. The van der Waals surface area contributed by atoms with Gasteiger partial charge in [-0.25, -0.2) is 0 Å². The summed E-state index contributed by atoms with van der Waals surface area (Å²) in [5, 5.41) is 0. The first-order chi connectivity index (χ1) is 11.6. The fourth-order valence-corrected chi connectivity index (χ4v) is 3.43. The van der Waals surface area contributed by atoms with Crippen molar-refractivity contribution in [3.8, 4) is 0 Å². The van der Waals surface area contributed by atoms with Crippen LogP contribution in [0, 0.1) is 0 Å². The van der Waals surface area contributed by atoms with Crippen molar-refractivity contribution in [2.45, 2.75) is 19.1 Å². The average molecular weight is 331 g/mol. The van der Waals surface area contributed by atoms with Crippen molar-refractivity contribution in [2.75, 3.05) is 46.4 Å². The Balaban J connectivity index is 1.79. The van der Waals surface area contributed by atoms with E-state index in [1.807, 2.05) is 35.2 Å². The number of nitrogens with zero attached hydrogens (tertiary/aromatic N) is 3. The quantitative estimate of drug-likeness (QED) is 0.820. The number of carbonyl (C=O) groups is 2. The fourth-order valence-electron chi connectivity index (χ4n) is 3.43. The van der Waals surface area contributed by atoms with Crippen molar-refractivity contribution in [3.63, 3.8) is 0 Å². The summed E-state index contributed by atoms with van der Waals surface area (Å²) in [5.41, 5.74) is 0.929. The normalized spacial score (nSPS) is 25.8. The van der Waals surface area contributed by atoms with Crippen LogP contribution in [0.4, 0.5) is 0 Å². The van der Waals surface area contributed by atoms with Crippen molar-refractivity contribution in [2.24, 2.45) is 0 Å². The molecule has 2 aliphatic rings. The van der Waals surface area contributed by atoms with Crippen LogP contribution in [0.1, 0.15) is 18.5 Å². The van der Waals surface area contributed by atoms with Gasteiger partial charge in [0.05, 0.1) is 6.04 Å². The van der Waals surface area contributed by atoms with Gasteiger partial charge < -0.3 is 19.4 Å². The molecular formula is C18H25N3O3. The molecule has 0 saturated carbocycles. The lowest BCUT2D eigenvalue weighted by molar-refractivity contribution is -0.168. The molecule has 24 heavy (non-hydrogen) atoms. The molecule has 0 N–H and O–H groups in total. The second kappa shape index (κ2) is 7.32. The Labute approximate surface area is 143 Å². The molecule has 0 spiro atoms. The van der Waals surface area contributed by atoms with Gasteiger partial charge in [0.15, 0.2) is 6.10 Å². The lowest BCUT2D eigenvalue weighted by Gasteiger charge is -2.42. The molecule has 2 saturated heterocycles. The molecule has 2 atom stereocenters. The second-order valence-electron chi connectivity index (χ2n) is 6.35. The molecule has 0 unspecified atom stereocenters. The zero-order chi connectivity index (χ0) is 17.1. The molecule has 1 aromatic carbocycles. The molecule has 2 aliphatic heterocycles. The van der Waals surface area contributed by atoms with Crippen LogP contribution in [0.5, 0.6) is 0 Å². The number of hydrogen-bond acceptors (Lipinski definition) is 4. The fraction of sp³-hybridized carbons (Fsp3) is 0.556. The Morgan fingerprint density at radius 3 is 2.46 bits per heavy atom. The maximum Gasteiger partial charge on any atom is 0.254 e. The van der Waals surface area contributed by atoms with E-state index in [4.69, 9.17) is 4.74 Å². The lowest BCUT2D eigenvalue weighted by atomic mass is 9.97. The third-order valence-electron chi connectivity index (χ3n) is 5.00. The van der Waals surface area contributed by atoms with Crippen LogP contribution in [0.25, 0.3) is 0 Å². The first-order valence-corrected chi connectivity index (χ1v) is 8.55. The summed E-state index contributed by atoms with van der Waals surface area (Å²) in [4.78, 5) is 30.9. The molecule has 2 heterocycles. The number of carbonyl (C=O) groups excluding carboxylic acids is 2. The minimum absolute atomic E-state index is 0.0149. The van der Waals surface area contributed by atoms with Crippen LogP contribution >= 0.6 is 0 Å². The summed E-state index contributed by atoms with van der Waals surface area (Å²) >= 11 is 0. The van der Waals surface area contributed by atoms with Gasteiger partial charge in [-0.2, -0.15) is 0 Å². The summed E-state index contributed by atoms with van der Waals surface area (Å²) in [6, 6.07) is 9.28. The zero-order valence-electron chi connectivity index (χ0n) is 14.4. The topological polar surface area (TPSA) is 53.1 Å². The highest BCUT2D eigenvalue weighted by Crippen LogP contribution is 2.30. The van der Waals surface area contributed by atoms with Crippen LogP contribution in [-0.4, -0.2) is 79.0 Å². The average Bonchev–Trinajstić information content (AvgIpc) is 2.64. The van der Waals surface area contributed by atoms with E-state index in [2.05, 4.69) is 11.8 Å². The molecule has 2 amide bonds. The highest BCUT2D eigenvalue weighted by molar-refractivity contribution is 5.86. The molecule has 130 valence electrons. The monoisotopic (exact) mass is 331 g/mol. The Hall–Kier alpha value is -1.92. The van der Waals surface area contributed by atoms with Crippen molar-refractivity contribution in [1.29, 1.82) is 0 Å². The van der Waals surface area contributed by atoms with Crippen LogP contribution in [0.3, 0.4) is 0 Å². The van der Waals surface area contributed by atoms with Crippen LogP contribution in [-0.2, 0) is 14.3 Å². The number of morpholine rings is 1.